The molecule has 0 fully saturated rings. The third-order valence-corrected chi connectivity index (χ3v) is 8.52. The molecule has 168 valence electrons. The summed E-state index contributed by atoms with van der Waals surface area (Å²) < 4.78 is 0. The van der Waals surface area contributed by atoms with Crippen LogP contribution in [-0.2, 0) is 9.59 Å². The number of carbonyl (C=O) groups excluding carboxylic acids is 2. The predicted molar refractivity (Wildman–Crippen MR) is 127 cm³/mol. The molecule has 0 aromatic carbocycles. The Labute approximate surface area is 185 Å². The molecule has 0 saturated carbocycles. The fraction of sp³-hybridized carbons (Fsp3) is 0.714. The van der Waals surface area contributed by atoms with Crippen molar-refractivity contribution in [1.29, 1.82) is 0 Å². The molecular formula is C28H44O2. The van der Waals surface area contributed by atoms with Gasteiger partial charge in [0, 0.05) is 12.8 Å². The highest BCUT2D eigenvalue weighted by Crippen LogP contribution is 2.49. The molecule has 0 aromatic rings. The van der Waals surface area contributed by atoms with E-state index in [4.69, 9.17) is 0 Å². The molecule has 2 aliphatic carbocycles. The van der Waals surface area contributed by atoms with Gasteiger partial charge >= 0.3 is 0 Å². The quantitative estimate of drug-likeness (QED) is 0.303. The molecule has 30 heavy (non-hydrogen) atoms. The largest absolute Gasteiger partial charge is 0.300 e. The van der Waals surface area contributed by atoms with E-state index in [1.165, 1.54) is 23.1 Å². The Hall–Kier alpha value is -1.44. The van der Waals surface area contributed by atoms with Crippen molar-refractivity contribution >= 4 is 11.6 Å². The zero-order valence-corrected chi connectivity index (χ0v) is 20.7. The number of rotatable bonds is 8. The molecule has 3 atom stereocenters. The minimum absolute atomic E-state index is 0.123. The minimum Gasteiger partial charge on any atom is -0.300 e. The first kappa shape index (κ1) is 24.8. The number of hydrogen-bond donors (Lipinski definition) is 0. The summed E-state index contributed by atoms with van der Waals surface area (Å²) in [5.74, 6) is 2.07. The van der Waals surface area contributed by atoms with Gasteiger partial charge in [-0.3, -0.25) is 4.79 Å². The molecule has 2 nitrogen and oxygen atoms in total. The van der Waals surface area contributed by atoms with Crippen LogP contribution in [0.3, 0.4) is 0 Å². The molecule has 2 heteroatoms. The third-order valence-electron chi connectivity index (χ3n) is 8.52. The molecule has 0 aromatic heterocycles. The van der Waals surface area contributed by atoms with E-state index in [0.717, 1.165) is 25.7 Å². The van der Waals surface area contributed by atoms with Gasteiger partial charge in [-0.1, -0.05) is 57.9 Å². The van der Waals surface area contributed by atoms with Crippen LogP contribution in [0.1, 0.15) is 100 Å². The van der Waals surface area contributed by atoms with E-state index in [0.29, 0.717) is 30.6 Å². The first-order valence-electron chi connectivity index (χ1n) is 11.9. The zero-order chi connectivity index (χ0) is 22.7. The first-order valence-corrected chi connectivity index (χ1v) is 11.9. The molecule has 0 N–H and O–H groups in total. The number of hydrogen-bond acceptors (Lipinski definition) is 2. The maximum absolute atomic E-state index is 12.7. The second kappa shape index (κ2) is 9.79. The highest BCUT2D eigenvalue weighted by Gasteiger charge is 2.40. The molecule has 2 aliphatic rings. The topological polar surface area (TPSA) is 34.1 Å². The lowest BCUT2D eigenvalue weighted by atomic mass is 9.60. The summed E-state index contributed by atoms with van der Waals surface area (Å²) in [6.45, 7) is 17.7. The lowest BCUT2D eigenvalue weighted by Gasteiger charge is -2.45. The van der Waals surface area contributed by atoms with Gasteiger partial charge in [0.1, 0.15) is 5.78 Å². The van der Waals surface area contributed by atoms with Crippen LogP contribution in [0.25, 0.3) is 0 Å². The van der Waals surface area contributed by atoms with Crippen LogP contribution in [0.15, 0.2) is 34.9 Å². The summed E-state index contributed by atoms with van der Waals surface area (Å²) >= 11 is 0. The zero-order valence-electron chi connectivity index (χ0n) is 20.7. The summed E-state index contributed by atoms with van der Waals surface area (Å²) in [4.78, 5) is 24.2. The van der Waals surface area contributed by atoms with Gasteiger partial charge in [0.25, 0.3) is 0 Å². The van der Waals surface area contributed by atoms with Gasteiger partial charge in [-0.2, -0.15) is 0 Å². The van der Waals surface area contributed by atoms with Crippen molar-refractivity contribution in [1.82, 2.24) is 0 Å². The second-order valence-electron chi connectivity index (χ2n) is 11.2. The Bertz CT molecular complexity index is 745. The Kier molecular flexibility index (Phi) is 8.10. The van der Waals surface area contributed by atoms with Crippen LogP contribution >= 0.6 is 0 Å². The lowest BCUT2D eigenvalue weighted by Crippen LogP contribution is -2.36. The number of ketones is 2. The highest BCUT2D eigenvalue weighted by atomic mass is 16.1. The maximum atomic E-state index is 12.7. The van der Waals surface area contributed by atoms with E-state index in [1.54, 1.807) is 6.92 Å². The van der Waals surface area contributed by atoms with Crippen molar-refractivity contribution < 1.29 is 9.59 Å². The van der Waals surface area contributed by atoms with Gasteiger partial charge in [0.2, 0.25) is 0 Å². The fourth-order valence-electron chi connectivity index (χ4n) is 5.76. The maximum Gasteiger partial charge on any atom is 0.155 e. The molecule has 0 saturated heterocycles. The second-order valence-corrected chi connectivity index (χ2v) is 11.2. The SMILES string of the molecule is CC(=O)CCC1C(C)=CCC(CCC(=O)C=CC2=C(C)CCC(C)C2(C)C)C1(C)C. The van der Waals surface area contributed by atoms with Crippen LogP contribution in [0, 0.1) is 28.6 Å². The van der Waals surface area contributed by atoms with E-state index in [9.17, 15) is 9.59 Å². The minimum atomic E-state index is 0.123. The molecule has 0 spiro atoms. The van der Waals surface area contributed by atoms with Gasteiger partial charge in [0.15, 0.2) is 5.78 Å². The molecular weight excluding hydrogens is 368 g/mol. The fourth-order valence-corrected chi connectivity index (χ4v) is 5.76. The number of Topliss-reactive ketones (excluding diaryl/α,β-unsaturated/α-hetero) is 1. The highest BCUT2D eigenvalue weighted by molar-refractivity contribution is 5.90. The van der Waals surface area contributed by atoms with E-state index in [1.807, 2.05) is 6.08 Å². The normalized spacial score (nSPS) is 28.5. The van der Waals surface area contributed by atoms with E-state index in [2.05, 4.69) is 60.6 Å². The van der Waals surface area contributed by atoms with Crippen LogP contribution in [0.2, 0.25) is 0 Å². The Morgan fingerprint density at radius 2 is 1.77 bits per heavy atom. The Morgan fingerprint density at radius 3 is 2.40 bits per heavy atom. The summed E-state index contributed by atoms with van der Waals surface area (Å²) in [7, 11) is 0. The van der Waals surface area contributed by atoms with Crippen LogP contribution in [-0.4, -0.2) is 11.6 Å². The lowest BCUT2D eigenvalue weighted by molar-refractivity contribution is -0.117. The van der Waals surface area contributed by atoms with Gasteiger partial charge < -0.3 is 4.79 Å². The number of allylic oxidation sites excluding steroid dienone is 6. The van der Waals surface area contributed by atoms with Crippen LogP contribution in [0.4, 0.5) is 0 Å². The first-order chi connectivity index (χ1) is 13.9. The van der Waals surface area contributed by atoms with Crippen molar-refractivity contribution in [3.05, 3.63) is 34.9 Å². The number of carbonyl (C=O) groups is 2. The molecule has 0 radical (unpaired) electrons. The van der Waals surface area contributed by atoms with E-state index >= 15 is 0 Å². The van der Waals surface area contributed by atoms with Crippen molar-refractivity contribution in [2.75, 3.05) is 0 Å². The van der Waals surface area contributed by atoms with Crippen molar-refractivity contribution in [3.8, 4) is 0 Å². The average molecular weight is 413 g/mol. The molecule has 0 bridgehead atoms. The standard InChI is InChI=1S/C28H44O2/c1-19-9-11-21(3)27(5,6)25(19)18-16-24(30)15-14-23-13-10-20(2)26(28(23,7)8)17-12-22(4)29/h10,16,18,21,23,26H,9,11-15,17H2,1-8H3. The molecule has 0 aliphatic heterocycles. The predicted octanol–water partition coefficient (Wildman–Crippen LogP) is 7.64. The summed E-state index contributed by atoms with van der Waals surface area (Å²) in [6, 6.07) is 0. The van der Waals surface area contributed by atoms with Crippen molar-refractivity contribution in [3.63, 3.8) is 0 Å². The van der Waals surface area contributed by atoms with Gasteiger partial charge in [-0.25, -0.2) is 0 Å². The van der Waals surface area contributed by atoms with Crippen LogP contribution in [0.5, 0.6) is 0 Å². The Morgan fingerprint density at radius 1 is 1.10 bits per heavy atom. The van der Waals surface area contributed by atoms with Crippen LogP contribution < -0.4 is 0 Å². The van der Waals surface area contributed by atoms with Crippen molar-refractivity contribution in [2.45, 2.75) is 100 Å². The van der Waals surface area contributed by atoms with Gasteiger partial charge in [-0.05, 0) is 93.1 Å². The summed E-state index contributed by atoms with van der Waals surface area (Å²) in [5.41, 5.74) is 4.47. The summed E-state index contributed by atoms with van der Waals surface area (Å²) in [5, 5.41) is 0. The van der Waals surface area contributed by atoms with Gasteiger partial charge in [0.05, 0.1) is 0 Å². The molecule has 0 heterocycles. The summed E-state index contributed by atoms with van der Waals surface area (Å²) in [6.07, 6.45) is 12.8. The van der Waals surface area contributed by atoms with Gasteiger partial charge in [-0.15, -0.1) is 0 Å². The molecule has 3 unspecified atom stereocenters. The average Bonchev–Trinajstić information content (AvgIpc) is 2.63. The Balaban J connectivity index is 2.02. The van der Waals surface area contributed by atoms with E-state index < -0.39 is 0 Å². The van der Waals surface area contributed by atoms with Crippen molar-refractivity contribution in [2.24, 2.45) is 28.6 Å². The molecule has 0 amide bonds. The van der Waals surface area contributed by atoms with E-state index in [-0.39, 0.29) is 22.4 Å². The molecule has 2 rings (SSSR count). The monoisotopic (exact) mass is 412 g/mol. The smallest absolute Gasteiger partial charge is 0.155 e. The third kappa shape index (κ3) is 5.62.